The molecule has 0 fully saturated rings. The van der Waals surface area contributed by atoms with Gasteiger partial charge in [-0.3, -0.25) is 4.99 Å². The number of hydrogen-bond acceptors (Lipinski definition) is 1. The molecule has 1 aromatic heterocycles. The van der Waals surface area contributed by atoms with Crippen molar-refractivity contribution in [3.05, 3.63) is 71.7 Å². The second-order valence-electron chi connectivity index (χ2n) is 5.93. The first-order chi connectivity index (χ1) is 11.3. The van der Waals surface area contributed by atoms with E-state index in [1.54, 1.807) is 0 Å². The number of aromatic amines is 1. The van der Waals surface area contributed by atoms with E-state index in [1.165, 1.54) is 3.57 Å². The molecule has 1 aromatic carbocycles. The van der Waals surface area contributed by atoms with Crippen molar-refractivity contribution in [2.75, 3.05) is 0 Å². The monoisotopic (exact) mass is 470 g/mol. The molecule has 1 aliphatic rings. The molecule has 24 heavy (non-hydrogen) atoms. The van der Waals surface area contributed by atoms with Crippen molar-refractivity contribution >= 4 is 57.1 Å². The first-order valence-electron chi connectivity index (χ1n) is 7.59. The molecule has 0 bridgehead atoms. The Hall–Kier alpha value is -1.04. The molecule has 0 saturated heterocycles. The number of aromatic nitrogens is 1. The van der Waals surface area contributed by atoms with Gasteiger partial charge in [0.15, 0.2) is 0 Å². The minimum absolute atomic E-state index is 0.722. The van der Waals surface area contributed by atoms with Crippen LogP contribution in [-0.4, -0.2) is 10.7 Å². The number of nitrogens with zero attached hydrogens (tertiary/aromatic N) is 1. The van der Waals surface area contributed by atoms with Crippen LogP contribution in [0.2, 0.25) is 5.02 Å². The van der Waals surface area contributed by atoms with Gasteiger partial charge in [-0.05, 0) is 79.1 Å². The van der Waals surface area contributed by atoms with Gasteiger partial charge in [0.1, 0.15) is 0 Å². The van der Waals surface area contributed by atoms with Crippen molar-refractivity contribution in [1.82, 2.24) is 4.98 Å². The number of H-pyrrole nitrogens is 1. The van der Waals surface area contributed by atoms with Crippen molar-refractivity contribution in [2.24, 2.45) is 4.99 Å². The molecule has 0 unspecified atom stereocenters. The summed E-state index contributed by atoms with van der Waals surface area (Å²) in [6.45, 7) is 7.95. The highest BCUT2D eigenvalue weighted by molar-refractivity contribution is 14.1. The number of aryl methyl sites for hydroxylation is 1. The molecule has 3 rings (SSSR count). The maximum atomic E-state index is 6.43. The lowest BCUT2D eigenvalue weighted by molar-refractivity contribution is 1.21. The summed E-state index contributed by atoms with van der Waals surface area (Å²) in [7, 11) is 0. The van der Waals surface area contributed by atoms with Gasteiger partial charge in [0.25, 0.3) is 0 Å². The Morgan fingerprint density at radius 3 is 2.12 bits per heavy atom. The number of rotatable bonds is 2. The molecular formula is C19H17Cl2IN2. The molecule has 0 radical (unpaired) electrons. The van der Waals surface area contributed by atoms with E-state index >= 15 is 0 Å². The zero-order valence-corrected chi connectivity index (χ0v) is 17.6. The summed E-state index contributed by atoms with van der Waals surface area (Å²) in [5.74, 6) is 0. The fraction of sp³-hybridized carbons (Fsp3) is 0.211. The quantitative estimate of drug-likeness (QED) is 0.476. The van der Waals surface area contributed by atoms with Gasteiger partial charge in [-0.25, -0.2) is 0 Å². The van der Waals surface area contributed by atoms with Gasteiger partial charge in [-0.1, -0.05) is 35.3 Å². The minimum atomic E-state index is 0.722. The molecule has 2 heterocycles. The molecule has 0 atom stereocenters. The van der Waals surface area contributed by atoms with Gasteiger partial charge in [0.2, 0.25) is 0 Å². The molecular weight excluding hydrogens is 454 g/mol. The molecule has 2 nitrogen and oxygen atoms in total. The maximum absolute atomic E-state index is 6.43. The van der Waals surface area contributed by atoms with Crippen LogP contribution in [0.15, 0.2) is 45.6 Å². The highest BCUT2D eigenvalue weighted by Gasteiger charge is 2.24. The van der Waals surface area contributed by atoms with Gasteiger partial charge in [0.05, 0.1) is 27.2 Å². The van der Waals surface area contributed by atoms with Crippen LogP contribution in [0.5, 0.6) is 0 Å². The van der Waals surface area contributed by atoms with Gasteiger partial charge in [0, 0.05) is 14.8 Å². The highest BCUT2D eigenvalue weighted by atomic mass is 127. The van der Waals surface area contributed by atoms with Crippen molar-refractivity contribution in [1.29, 1.82) is 0 Å². The number of nitrogens with one attached hydrogen (secondary N) is 1. The molecule has 124 valence electrons. The second-order valence-corrected chi connectivity index (χ2v) is 7.93. The van der Waals surface area contributed by atoms with E-state index in [2.05, 4.69) is 51.8 Å². The van der Waals surface area contributed by atoms with Crippen molar-refractivity contribution in [3.63, 3.8) is 0 Å². The topological polar surface area (TPSA) is 28.1 Å². The third-order valence-electron chi connectivity index (χ3n) is 4.25. The van der Waals surface area contributed by atoms with Gasteiger partial charge < -0.3 is 4.98 Å². The van der Waals surface area contributed by atoms with Crippen LogP contribution in [-0.2, 0) is 0 Å². The Morgan fingerprint density at radius 2 is 1.67 bits per heavy atom. The minimum Gasteiger partial charge on any atom is -0.357 e. The Labute approximate surface area is 165 Å². The predicted molar refractivity (Wildman–Crippen MR) is 112 cm³/mol. The number of halogens is 3. The Balaban J connectivity index is 2.35. The van der Waals surface area contributed by atoms with E-state index in [-0.39, 0.29) is 0 Å². The number of aliphatic imine (C=N–C) groups is 1. The van der Waals surface area contributed by atoms with Gasteiger partial charge in [-0.15, -0.1) is 0 Å². The second kappa shape index (κ2) is 6.70. The highest BCUT2D eigenvalue weighted by Crippen LogP contribution is 2.39. The van der Waals surface area contributed by atoms with Crippen LogP contribution >= 0.6 is 45.8 Å². The third kappa shape index (κ3) is 2.98. The lowest BCUT2D eigenvalue weighted by Gasteiger charge is -2.12. The molecule has 0 saturated carbocycles. The summed E-state index contributed by atoms with van der Waals surface area (Å²) in [6.07, 6.45) is 0. The van der Waals surface area contributed by atoms with E-state index in [0.717, 1.165) is 55.1 Å². The van der Waals surface area contributed by atoms with Crippen LogP contribution in [0.1, 0.15) is 36.4 Å². The molecule has 0 aliphatic carbocycles. The maximum Gasteiger partial charge on any atom is 0.0777 e. The molecule has 5 heteroatoms. The average Bonchev–Trinajstić information content (AvgIpc) is 2.95. The van der Waals surface area contributed by atoms with E-state index in [4.69, 9.17) is 28.2 Å². The SMILES string of the molecule is CC1=N/C(=C(/c2ccc(I)cc2)c2[nH]c(C)c(Cl)c2C)C(C)=C1Cl. The van der Waals surface area contributed by atoms with E-state index in [0.29, 0.717) is 0 Å². The van der Waals surface area contributed by atoms with Crippen LogP contribution in [0.3, 0.4) is 0 Å². The van der Waals surface area contributed by atoms with Gasteiger partial charge >= 0.3 is 0 Å². The Morgan fingerprint density at radius 1 is 1.04 bits per heavy atom. The van der Waals surface area contributed by atoms with Crippen molar-refractivity contribution in [3.8, 4) is 0 Å². The van der Waals surface area contributed by atoms with E-state index < -0.39 is 0 Å². The third-order valence-corrected chi connectivity index (χ3v) is 6.09. The van der Waals surface area contributed by atoms with Crippen LogP contribution in [0, 0.1) is 17.4 Å². The lowest BCUT2D eigenvalue weighted by Crippen LogP contribution is -1.96. The van der Waals surface area contributed by atoms with Crippen molar-refractivity contribution < 1.29 is 0 Å². The zero-order chi connectivity index (χ0) is 17.6. The Bertz CT molecular complexity index is 916. The number of benzene rings is 1. The van der Waals surface area contributed by atoms with Crippen LogP contribution < -0.4 is 0 Å². The average molecular weight is 471 g/mol. The summed E-state index contributed by atoms with van der Waals surface area (Å²) < 4.78 is 1.19. The lowest BCUT2D eigenvalue weighted by atomic mass is 9.96. The zero-order valence-electron chi connectivity index (χ0n) is 13.9. The first kappa shape index (κ1) is 17.8. The Kier molecular flexibility index (Phi) is 4.96. The largest absolute Gasteiger partial charge is 0.357 e. The summed E-state index contributed by atoms with van der Waals surface area (Å²) in [6, 6.07) is 8.40. The summed E-state index contributed by atoms with van der Waals surface area (Å²) in [4.78, 5) is 8.16. The normalized spacial score (nSPS) is 16.7. The molecule has 1 N–H and O–H groups in total. The number of allylic oxidation sites excluding steroid dienone is 2. The molecule has 0 amide bonds. The molecule has 2 aromatic rings. The van der Waals surface area contributed by atoms with E-state index in [9.17, 15) is 0 Å². The fourth-order valence-electron chi connectivity index (χ4n) is 2.91. The smallest absolute Gasteiger partial charge is 0.0777 e. The standard InChI is InChI=1S/C19H17Cl2IN2/c1-9-16(20)11(3)23-18(9)15(13-5-7-14(22)8-6-13)19-10(2)17(21)12(4)24-19/h5-8,23H,1-4H3/b19-15-. The van der Waals surface area contributed by atoms with Crippen molar-refractivity contribution in [2.45, 2.75) is 27.7 Å². The molecule has 0 spiro atoms. The predicted octanol–water partition coefficient (Wildman–Crippen LogP) is 6.64. The van der Waals surface area contributed by atoms with Crippen LogP contribution in [0.25, 0.3) is 5.57 Å². The van der Waals surface area contributed by atoms with Gasteiger partial charge in [-0.2, -0.15) is 0 Å². The number of hydrogen-bond donors (Lipinski definition) is 1. The summed E-state index contributed by atoms with van der Waals surface area (Å²) >= 11 is 15.1. The first-order valence-corrected chi connectivity index (χ1v) is 9.42. The summed E-state index contributed by atoms with van der Waals surface area (Å²) in [5.41, 5.74) is 7.85. The molecule has 1 aliphatic heterocycles. The van der Waals surface area contributed by atoms with E-state index in [1.807, 2.05) is 27.7 Å². The van der Waals surface area contributed by atoms with Crippen LogP contribution in [0.4, 0.5) is 0 Å². The fourth-order valence-corrected chi connectivity index (χ4v) is 3.55. The summed E-state index contributed by atoms with van der Waals surface area (Å²) in [5, 5.41) is 1.49.